The summed E-state index contributed by atoms with van der Waals surface area (Å²) in [5.41, 5.74) is 5.50. The molecule has 2 aromatic heterocycles. The van der Waals surface area contributed by atoms with Crippen molar-refractivity contribution in [2.75, 3.05) is 0 Å². The van der Waals surface area contributed by atoms with Gasteiger partial charge in [-0.05, 0) is 24.3 Å². The zero-order valence-electron chi connectivity index (χ0n) is 13.2. The molecule has 8 heteroatoms. The Morgan fingerprint density at radius 2 is 1.88 bits per heavy atom. The highest BCUT2D eigenvalue weighted by atomic mass is 16.2. The van der Waals surface area contributed by atoms with E-state index in [0.29, 0.717) is 16.5 Å². The van der Waals surface area contributed by atoms with Crippen molar-refractivity contribution in [1.82, 2.24) is 25.6 Å². The summed E-state index contributed by atoms with van der Waals surface area (Å²) < 4.78 is 1.58. The molecule has 25 heavy (non-hydrogen) atoms. The molecule has 2 N–H and O–H groups in total. The Balaban J connectivity index is 1.59. The molecule has 126 valence electrons. The predicted molar refractivity (Wildman–Crippen MR) is 90.5 cm³/mol. The highest BCUT2D eigenvalue weighted by Crippen LogP contribution is 2.08. The summed E-state index contributed by atoms with van der Waals surface area (Å²) >= 11 is 0. The maximum atomic E-state index is 11.9. The molecule has 3 aromatic rings. The van der Waals surface area contributed by atoms with Crippen LogP contribution in [0, 0.1) is 0 Å². The molecular formula is C17H15N5O3. The van der Waals surface area contributed by atoms with Gasteiger partial charge in [0, 0.05) is 24.2 Å². The summed E-state index contributed by atoms with van der Waals surface area (Å²) in [5.74, 6) is -0.824. The first-order valence-electron chi connectivity index (χ1n) is 7.59. The minimum absolute atomic E-state index is 0.0905. The number of hydrogen-bond acceptors (Lipinski definition) is 5. The number of amides is 2. The van der Waals surface area contributed by atoms with E-state index in [1.165, 1.54) is 12.4 Å². The van der Waals surface area contributed by atoms with Crippen molar-refractivity contribution in [3.05, 3.63) is 70.8 Å². The third-order valence-corrected chi connectivity index (χ3v) is 3.55. The van der Waals surface area contributed by atoms with Crippen LogP contribution in [-0.4, -0.2) is 26.6 Å². The maximum Gasteiger partial charge on any atom is 0.271 e. The highest BCUT2D eigenvalue weighted by molar-refractivity contribution is 5.95. The van der Waals surface area contributed by atoms with Crippen molar-refractivity contribution < 1.29 is 9.59 Å². The van der Waals surface area contributed by atoms with E-state index in [0.717, 1.165) is 0 Å². The molecule has 0 bridgehead atoms. The molecule has 0 radical (unpaired) electrons. The molecule has 1 aromatic carbocycles. The lowest BCUT2D eigenvalue weighted by atomic mass is 10.2. The minimum Gasteiger partial charge on any atom is -0.287 e. The fourth-order valence-corrected chi connectivity index (χ4v) is 2.30. The van der Waals surface area contributed by atoms with Gasteiger partial charge in [-0.1, -0.05) is 12.1 Å². The van der Waals surface area contributed by atoms with E-state index < -0.39 is 5.91 Å². The number of nitrogens with zero attached hydrogens (tertiary/aromatic N) is 3. The summed E-state index contributed by atoms with van der Waals surface area (Å²) in [4.78, 5) is 39.3. The second kappa shape index (κ2) is 7.35. The molecule has 2 amide bonds. The number of carbonyl (C=O) groups is 2. The van der Waals surface area contributed by atoms with E-state index in [2.05, 4.69) is 20.9 Å². The Hall–Kier alpha value is -3.55. The number of pyridine rings is 1. The molecule has 0 aliphatic heterocycles. The second-order valence-electron chi connectivity index (χ2n) is 5.24. The molecule has 0 unspecified atom stereocenters. The number of carbonyl (C=O) groups excluding carboxylic acids is 2. The highest BCUT2D eigenvalue weighted by Gasteiger charge is 2.09. The normalized spacial score (nSPS) is 10.4. The van der Waals surface area contributed by atoms with Crippen LogP contribution in [0.5, 0.6) is 0 Å². The Labute approximate surface area is 142 Å². The van der Waals surface area contributed by atoms with E-state index in [-0.39, 0.29) is 24.3 Å². The molecule has 3 rings (SSSR count). The van der Waals surface area contributed by atoms with Crippen LogP contribution in [0.2, 0.25) is 0 Å². The lowest BCUT2D eigenvalue weighted by Crippen LogP contribution is -2.42. The number of fused-ring (bicyclic) bond motifs is 1. The molecule has 0 atom stereocenters. The van der Waals surface area contributed by atoms with Crippen molar-refractivity contribution in [2.24, 2.45) is 0 Å². The van der Waals surface area contributed by atoms with Crippen LogP contribution < -0.4 is 16.3 Å². The van der Waals surface area contributed by atoms with Crippen LogP contribution in [-0.2, 0) is 11.3 Å². The zero-order valence-corrected chi connectivity index (χ0v) is 13.2. The van der Waals surface area contributed by atoms with E-state index in [1.54, 1.807) is 47.3 Å². The third-order valence-electron chi connectivity index (χ3n) is 3.55. The molecule has 0 aliphatic carbocycles. The number of benzene rings is 1. The lowest BCUT2D eigenvalue weighted by Gasteiger charge is -2.10. The summed E-state index contributed by atoms with van der Waals surface area (Å²) in [6, 6.07) is 10.3. The van der Waals surface area contributed by atoms with Gasteiger partial charge >= 0.3 is 0 Å². The molecule has 2 heterocycles. The average molecular weight is 337 g/mol. The van der Waals surface area contributed by atoms with Gasteiger partial charge in [-0.3, -0.25) is 34.9 Å². The van der Waals surface area contributed by atoms with Gasteiger partial charge in [0.1, 0.15) is 0 Å². The fourth-order valence-electron chi connectivity index (χ4n) is 2.30. The molecule has 8 nitrogen and oxygen atoms in total. The van der Waals surface area contributed by atoms with Crippen LogP contribution in [0.3, 0.4) is 0 Å². The Kier molecular flexibility index (Phi) is 4.79. The van der Waals surface area contributed by atoms with E-state index in [4.69, 9.17) is 0 Å². The molecule has 0 aliphatic rings. The number of aryl methyl sites for hydroxylation is 1. The molecular weight excluding hydrogens is 322 g/mol. The second-order valence-corrected chi connectivity index (χ2v) is 5.24. The maximum absolute atomic E-state index is 11.9. The largest absolute Gasteiger partial charge is 0.287 e. The number of para-hydroxylation sites is 1. The quantitative estimate of drug-likeness (QED) is 0.680. The van der Waals surface area contributed by atoms with Gasteiger partial charge in [0.05, 0.1) is 23.8 Å². The number of hydrazine groups is 1. The summed E-state index contributed by atoms with van der Waals surface area (Å²) in [6.07, 6.45) is 4.27. The van der Waals surface area contributed by atoms with Crippen LogP contribution in [0.25, 0.3) is 10.9 Å². The van der Waals surface area contributed by atoms with Crippen LogP contribution in [0.1, 0.15) is 16.8 Å². The van der Waals surface area contributed by atoms with Gasteiger partial charge in [-0.2, -0.15) is 5.10 Å². The van der Waals surface area contributed by atoms with Gasteiger partial charge in [0.15, 0.2) is 0 Å². The summed E-state index contributed by atoms with van der Waals surface area (Å²) in [6.45, 7) is 0.273. The Bertz CT molecular complexity index is 969. The van der Waals surface area contributed by atoms with E-state index in [1.807, 2.05) is 0 Å². The van der Waals surface area contributed by atoms with Crippen LogP contribution >= 0.6 is 0 Å². The predicted octanol–water partition coefficient (Wildman–Crippen LogP) is 0.643. The first-order chi connectivity index (χ1) is 12.1. The van der Waals surface area contributed by atoms with Gasteiger partial charge in [-0.15, -0.1) is 0 Å². The third kappa shape index (κ3) is 3.86. The van der Waals surface area contributed by atoms with Crippen LogP contribution in [0.4, 0.5) is 0 Å². The van der Waals surface area contributed by atoms with Crippen molar-refractivity contribution in [3.8, 4) is 0 Å². The standard InChI is InChI=1S/C17H15N5O3/c23-15-11-19-22(14-6-2-1-5-13(14)15)9-7-16(24)20-21-17(25)12-4-3-8-18-10-12/h1-6,8,10-11H,7,9H2,(H,20,24)(H,21,25). The van der Waals surface area contributed by atoms with Crippen molar-refractivity contribution in [2.45, 2.75) is 13.0 Å². The Morgan fingerprint density at radius 1 is 1.04 bits per heavy atom. The van der Waals surface area contributed by atoms with E-state index in [9.17, 15) is 14.4 Å². The molecule has 0 fully saturated rings. The van der Waals surface area contributed by atoms with Gasteiger partial charge in [-0.25, -0.2) is 0 Å². The fraction of sp³-hybridized carbons (Fsp3) is 0.118. The summed E-state index contributed by atoms with van der Waals surface area (Å²) in [7, 11) is 0. The first kappa shape index (κ1) is 16.3. The smallest absolute Gasteiger partial charge is 0.271 e. The minimum atomic E-state index is -0.451. The van der Waals surface area contributed by atoms with Crippen LogP contribution in [0.15, 0.2) is 59.8 Å². The zero-order chi connectivity index (χ0) is 17.6. The first-order valence-corrected chi connectivity index (χ1v) is 7.59. The number of rotatable bonds is 4. The van der Waals surface area contributed by atoms with Crippen molar-refractivity contribution >= 4 is 22.7 Å². The molecule has 0 saturated heterocycles. The van der Waals surface area contributed by atoms with Gasteiger partial charge in [0.25, 0.3) is 5.91 Å². The van der Waals surface area contributed by atoms with Gasteiger partial charge in [0.2, 0.25) is 11.3 Å². The molecule has 0 saturated carbocycles. The van der Waals surface area contributed by atoms with Crippen molar-refractivity contribution in [1.29, 1.82) is 0 Å². The lowest BCUT2D eigenvalue weighted by molar-refractivity contribution is -0.122. The number of nitrogens with one attached hydrogen (secondary N) is 2. The number of aromatic nitrogens is 3. The van der Waals surface area contributed by atoms with E-state index >= 15 is 0 Å². The topological polar surface area (TPSA) is 106 Å². The number of hydrogen-bond donors (Lipinski definition) is 2. The average Bonchev–Trinajstić information content (AvgIpc) is 2.66. The Morgan fingerprint density at radius 3 is 2.68 bits per heavy atom. The molecule has 0 spiro atoms. The monoisotopic (exact) mass is 337 g/mol. The van der Waals surface area contributed by atoms with Gasteiger partial charge < -0.3 is 0 Å². The SMILES string of the molecule is O=C(CCn1ncc(=O)c2ccccc21)NNC(=O)c1cccnc1. The van der Waals surface area contributed by atoms with Crippen molar-refractivity contribution in [3.63, 3.8) is 0 Å². The summed E-state index contributed by atoms with van der Waals surface area (Å²) in [5, 5.41) is 4.59.